The fourth-order valence-electron chi connectivity index (χ4n) is 4.40. The first-order valence-electron chi connectivity index (χ1n) is 12.8. The highest BCUT2D eigenvalue weighted by Gasteiger charge is 2.34. The van der Waals surface area contributed by atoms with Crippen LogP contribution in [0.15, 0.2) is 72.8 Å². The number of nitrogens with zero attached hydrogens (tertiary/aromatic N) is 2. The van der Waals surface area contributed by atoms with Crippen LogP contribution in [-0.4, -0.2) is 77.9 Å². The molecule has 0 aliphatic rings. The van der Waals surface area contributed by atoms with Gasteiger partial charge in [0, 0.05) is 26.1 Å². The summed E-state index contributed by atoms with van der Waals surface area (Å²) in [5, 5.41) is 12.5. The quantitative estimate of drug-likeness (QED) is 0.315. The van der Waals surface area contributed by atoms with E-state index < -0.39 is 23.9 Å². The molecule has 0 spiro atoms. The van der Waals surface area contributed by atoms with E-state index in [0.29, 0.717) is 6.42 Å². The number of aliphatic hydroxyl groups is 1. The van der Waals surface area contributed by atoms with Crippen molar-refractivity contribution in [2.45, 2.75) is 50.5 Å². The summed E-state index contributed by atoms with van der Waals surface area (Å²) < 4.78 is 5.54. The third-order valence-corrected chi connectivity index (χ3v) is 6.62. The van der Waals surface area contributed by atoms with Crippen LogP contribution in [0.1, 0.15) is 25.0 Å². The number of hydrogen-bond donors (Lipinski definition) is 3. The standard InChI is InChI=1S/C30H40N4O4/c1-30(2,32)20-38-19-27(35)33(3)26(18-22-14-15-23-12-8-9-13-24(23)16-22)29(37)34(4)25(28(31)36)17-21-10-6-5-7-11-21/h5-16,25-26,28,36H,17-20,31-32H2,1-4H3/t25-,26-,28?/m1/s1. The first kappa shape index (κ1) is 29.3. The fraction of sp³-hybridized carbons (Fsp3) is 0.400. The van der Waals surface area contributed by atoms with Gasteiger partial charge in [-0.2, -0.15) is 0 Å². The van der Waals surface area contributed by atoms with Gasteiger partial charge in [0.1, 0.15) is 18.9 Å². The van der Waals surface area contributed by atoms with E-state index in [1.807, 2.05) is 86.6 Å². The van der Waals surface area contributed by atoms with Gasteiger partial charge < -0.3 is 31.1 Å². The first-order valence-corrected chi connectivity index (χ1v) is 12.8. The molecule has 8 nitrogen and oxygen atoms in total. The van der Waals surface area contributed by atoms with E-state index in [0.717, 1.165) is 21.9 Å². The molecule has 0 saturated carbocycles. The maximum absolute atomic E-state index is 13.9. The second kappa shape index (κ2) is 13.0. The maximum atomic E-state index is 13.9. The minimum Gasteiger partial charge on any atom is -0.377 e. The molecule has 0 radical (unpaired) electrons. The van der Waals surface area contributed by atoms with Crippen LogP contribution in [0.4, 0.5) is 0 Å². The number of aliphatic hydroxyl groups excluding tert-OH is 1. The van der Waals surface area contributed by atoms with Crippen molar-refractivity contribution in [1.82, 2.24) is 9.80 Å². The second-order valence-corrected chi connectivity index (χ2v) is 10.6. The van der Waals surface area contributed by atoms with Gasteiger partial charge in [-0.25, -0.2) is 0 Å². The summed E-state index contributed by atoms with van der Waals surface area (Å²) >= 11 is 0. The van der Waals surface area contributed by atoms with Crippen molar-refractivity contribution in [3.8, 4) is 0 Å². The van der Waals surface area contributed by atoms with Gasteiger partial charge in [0.15, 0.2) is 0 Å². The Hall–Kier alpha value is -3.30. The molecule has 0 aromatic heterocycles. The number of carbonyl (C=O) groups is 2. The summed E-state index contributed by atoms with van der Waals surface area (Å²) in [6, 6.07) is 22.0. The molecule has 204 valence electrons. The molecule has 0 fully saturated rings. The molecule has 8 heteroatoms. The monoisotopic (exact) mass is 520 g/mol. The molecule has 3 aromatic carbocycles. The normalized spacial score (nSPS) is 14.1. The molecule has 3 rings (SSSR count). The number of hydrogen-bond acceptors (Lipinski definition) is 6. The van der Waals surface area contributed by atoms with Gasteiger partial charge in [-0.05, 0) is 42.2 Å². The molecule has 0 aliphatic carbocycles. The van der Waals surface area contributed by atoms with Gasteiger partial charge in [0.2, 0.25) is 11.8 Å². The van der Waals surface area contributed by atoms with E-state index in [4.69, 9.17) is 16.2 Å². The molecule has 1 unspecified atom stereocenters. The Morgan fingerprint density at radius 2 is 1.53 bits per heavy atom. The molecular formula is C30H40N4O4. The molecule has 0 bridgehead atoms. The molecule has 0 saturated heterocycles. The van der Waals surface area contributed by atoms with Crippen molar-refractivity contribution >= 4 is 22.6 Å². The summed E-state index contributed by atoms with van der Waals surface area (Å²) in [4.78, 5) is 29.9. The molecule has 5 N–H and O–H groups in total. The van der Waals surface area contributed by atoms with Gasteiger partial charge in [-0.15, -0.1) is 0 Å². The zero-order valence-corrected chi connectivity index (χ0v) is 22.7. The molecule has 2 amide bonds. The Morgan fingerprint density at radius 3 is 2.16 bits per heavy atom. The number of benzene rings is 3. The van der Waals surface area contributed by atoms with Crippen LogP contribution in [0.25, 0.3) is 10.8 Å². The lowest BCUT2D eigenvalue weighted by Crippen LogP contribution is -2.57. The number of carbonyl (C=O) groups excluding carboxylic acids is 2. The van der Waals surface area contributed by atoms with Gasteiger partial charge in [0.25, 0.3) is 0 Å². The molecular weight excluding hydrogens is 480 g/mol. The number of amides is 2. The Kier molecular flexibility index (Phi) is 9.99. The Balaban J connectivity index is 1.87. The third-order valence-electron chi connectivity index (χ3n) is 6.62. The first-order chi connectivity index (χ1) is 18.0. The minimum atomic E-state index is -1.26. The van der Waals surface area contributed by atoms with Crippen molar-refractivity contribution in [3.05, 3.63) is 83.9 Å². The van der Waals surface area contributed by atoms with Gasteiger partial charge in [-0.1, -0.05) is 72.8 Å². The maximum Gasteiger partial charge on any atom is 0.249 e. The fourth-order valence-corrected chi connectivity index (χ4v) is 4.40. The predicted molar refractivity (Wildman–Crippen MR) is 150 cm³/mol. The van der Waals surface area contributed by atoms with Crippen molar-refractivity contribution in [2.24, 2.45) is 11.5 Å². The van der Waals surface area contributed by atoms with Crippen molar-refractivity contribution < 1.29 is 19.4 Å². The highest BCUT2D eigenvalue weighted by molar-refractivity contribution is 5.89. The predicted octanol–water partition coefficient (Wildman–Crippen LogP) is 2.31. The average molecular weight is 521 g/mol. The minimum absolute atomic E-state index is 0.199. The molecule has 3 aromatic rings. The van der Waals surface area contributed by atoms with Crippen LogP contribution in [0.3, 0.4) is 0 Å². The van der Waals surface area contributed by atoms with Crippen LogP contribution >= 0.6 is 0 Å². The number of fused-ring (bicyclic) bond motifs is 1. The van der Waals surface area contributed by atoms with Gasteiger partial charge in [-0.3, -0.25) is 9.59 Å². The third kappa shape index (κ3) is 8.10. The zero-order chi connectivity index (χ0) is 27.9. The highest BCUT2D eigenvalue weighted by Crippen LogP contribution is 2.20. The van der Waals surface area contributed by atoms with Crippen molar-refractivity contribution in [3.63, 3.8) is 0 Å². The van der Waals surface area contributed by atoms with Gasteiger partial charge >= 0.3 is 0 Å². The van der Waals surface area contributed by atoms with E-state index >= 15 is 0 Å². The lowest BCUT2D eigenvalue weighted by Gasteiger charge is -2.36. The zero-order valence-electron chi connectivity index (χ0n) is 22.7. The Morgan fingerprint density at radius 1 is 0.895 bits per heavy atom. The Bertz CT molecular complexity index is 1210. The summed E-state index contributed by atoms with van der Waals surface area (Å²) in [6.45, 7) is 3.63. The number of ether oxygens (including phenoxy) is 1. The summed E-state index contributed by atoms with van der Waals surface area (Å²) in [5.74, 6) is -0.659. The SMILES string of the molecule is CN(C(=O)COCC(C)(C)N)[C@H](Cc1ccc2ccccc2c1)C(=O)N(C)[C@H](Cc1ccccc1)C(N)O. The van der Waals surface area contributed by atoms with Crippen LogP contribution < -0.4 is 11.5 Å². The lowest BCUT2D eigenvalue weighted by molar-refractivity contribution is -0.148. The van der Waals surface area contributed by atoms with Crippen LogP contribution in [0.2, 0.25) is 0 Å². The van der Waals surface area contributed by atoms with Crippen LogP contribution in [0, 0.1) is 0 Å². The molecule has 0 heterocycles. The van der Waals surface area contributed by atoms with Crippen molar-refractivity contribution in [2.75, 3.05) is 27.3 Å². The topological polar surface area (TPSA) is 122 Å². The summed E-state index contributed by atoms with van der Waals surface area (Å²) in [6.07, 6.45) is -0.603. The van der Waals surface area contributed by atoms with Crippen LogP contribution in [-0.2, 0) is 27.2 Å². The lowest BCUT2D eigenvalue weighted by atomic mass is 9.98. The largest absolute Gasteiger partial charge is 0.377 e. The average Bonchev–Trinajstić information content (AvgIpc) is 2.88. The highest BCUT2D eigenvalue weighted by atomic mass is 16.5. The summed E-state index contributed by atoms with van der Waals surface area (Å²) in [5.41, 5.74) is 13.2. The molecule has 38 heavy (non-hydrogen) atoms. The smallest absolute Gasteiger partial charge is 0.249 e. The van der Waals surface area contributed by atoms with E-state index in [-0.39, 0.29) is 31.4 Å². The van der Waals surface area contributed by atoms with E-state index in [9.17, 15) is 14.7 Å². The number of nitrogens with two attached hydrogens (primary N) is 2. The second-order valence-electron chi connectivity index (χ2n) is 10.6. The number of rotatable bonds is 12. The van der Waals surface area contributed by atoms with E-state index in [2.05, 4.69) is 0 Å². The summed E-state index contributed by atoms with van der Waals surface area (Å²) in [7, 11) is 3.22. The number of likely N-dealkylation sites (N-methyl/N-ethyl adjacent to an activating group) is 2. The van der Waals surface area contributed by atoms with Gasteiger partial charge in [0.05, 0.1) is 12.6 Å². The van der Waals surface area contributed by atoms with Crippen molar-refractivity contribution in [1.29, 1.82) is 0 Å². The Labute approximate surface area is 225 Å². The van der Waals surface area contributed by atoms with E-state index in [1.54, 1.807) is 14.1 Å². The molecule has 3 atom stereocenters. The molecule has 0 aliphatic heterocycles. The van der Waals surface area contributed by atoms with Crippen LogP contribution in [0.5, 0.6) is 0 Å². The van der Waals surface area contributed by atoms with E-state index in [1.165, 1.54) is 9.80 Å².